The molecule has 0 atom stereocenters. The number of carbonyl (C=O) groups excluding carboxylic acids is 1. The second-order valence-corrected chi connectivity index (χ2v) is 2.66. The van der Waals surface area contributed by atoms with Gasteiger partial charge in [0.15, 0.2) is 0 Å². The number of amides is 1. The van der Waals surface area contributed by atoms with Gasteiger partial charge in [-0.25, -0.2) is 10.1 Å². The Morgan fingerprint density at radius 1 is 1.30 bits per heavy atom. The number of carbonyl (C=O) groups is 1. The van der Waals surface area contributed by atoms with Gasteiger partial charge in [0.1, 0.15) is 0 Å². The highest BCUT2D eigenvalue weighted by Gasteiger charge is 2.07. The second kappa shape index (κ2) is 4.14. The molecule has 0 aromatic carbocycles. The van der Waals surface area contributed by atoms with Crippen LogP contribution in [0.1, 0.15) is 27.7 Å². The summed E-state index contributed by atoms with van der Waals surface area (Å²) in [5, 5.41) is 3.66. The smallest absolute Gasteiger partial charge is 0.429 e. The molecule has 1 amide bonds. The van der Waals surface area contributed by atoms with Crippen LogP contribution in [0.3, 0.4) is 0 Å². The summed E-state index contributed by atoms with van der Waals surface area (Å²) in [6.45, 7) is 7.27. The molecule has 3 nitrogen and oxygen atoms in total. The van der Waals surface area contributed by atoms with Crippen molar-refractivity contribution in [2.24, 2.45) is 0 Å². The highest BCUT2D eigenvalue weighted by Crippen LogP contribution is 1.90. The predicted molar refractivity (Wildman–Crippen MR) is 38.9 cm³/mol. The van der Waals surface area contributed by atoms with Gasteiger partial charge >= 0.3 is 6.09 Å². The van der Waals surface area contributed by atoms with Gasteiger partial charge in [-0.05, 0) is 27.7 Å². The van der Waals surface area contributed by atoms with Gasteiger partial charge in [0.2, 0.25) is 0 Å². The molecule has 0 saturated heterocycles. The van der Waals surface area contributed by atoms with Crippen LogP contribution in [0.15, 0.2) is 0 Å². The Balaban J connectivity index is 3.44. The van der Waals surface area contributed by atoms with Crippen LogP contribution in [-0.4, -0.2) is 18.2 Å². The lowest BCUT2D eigenvalue weighted by atomic mass is 10.4. The van der Waals surface area contributed by atoms with Crippen molar-refractivity contribution < 1.29 is 9.53 Å². The van der Waals surface area contributed by atoms with Gasteiger partial charge < -0.3 is 4.74 Å². The molecule has 10 heavy (non-hydrogen) atoms. The van der Waals surface area contributed by atoms with E-state index < -0.39 is 6.09 Å². The van der Waals surface area contributed by atoms with Crippen LogP contribution in [0.25, 0.3) is 0 Å². The van der Waals surface area contributed by atoms with Gasteiger partial charge in [0, 0.05) is 0 Å². The summed E-state index contributed by atoms with van der Waals surface area (Å²) in [6.07, 6.45) is -0.542. The number of ether oxygens (including phenoxy) is 1. The van der Waals surface area contributed by atoms with E-state index >= 15 is 0 Å². The van der Waals surface area contributed by atoms with Crippen molar-refractivity contribution in [2.75, 3.05) is 0 Å². The highest BCUT2D eigenvalue weighted by molar-refractivity contribution is 5.67. The summed E-state index contributed by atoms with van der Waals surface area (Å²) in [6, 6.07) is 0.0197. The monoisotopic (exact) mass is 144 g/mol. The fourth-order valence-corrected chi connectivity index (χ4v) is 0.443. The first-order valence-corrected chi connectivity index (χ1v) is 3.44. The second-order valence-electron chi connectivity index (χ2n) is 2.66. The molecule has 0 saturated carbocycles. The Kier molecular flexibility index (Phi) is 3.84. The van der Waals surface area contributed by atoms with Crippen LogP contribution >= 0.6 is 0 Å². The van der Waals surface area contributed by atoms with E-state index in [4.69, 9.17) is 4.74 Å². The van der Waals surface area contributed by atoms with Crippen molar-refractivity contribution in [3.05, 3.63) is 0 Å². The van der Waals surface area contributed by atoms with Crippen molar-refractivity contribution in [3.63, 3.8) is 0 Å². The molecule has 0 fully saturated rings. The third kappa shape index (κ3) is 5.41. The van der Waals surface area contributed by atoms with Crippen molar-refractivity contribution in [1.29, 1.82) is 0 Å². The zero-order valence-corrected chi connectivity index (χ0v) is 6.92. The lowest BCUT2D eigenvalue weighted by Gasteiger charge is -2.08. The molecule has 0 spiro atoms. The largest absolute Gasteiger partial charge is 0.445 e. The van der Waals surface area contributed by atoms with E-state index in [0.717, 1.165) is 0 Å². The predicted octanol–water partition coefficient (Wildman–Crippen LogP) is 1.54. The average molecular weight is 144 g/mol. The molecule has 0 aliphatic heterocycles. The molecule has 0 aliphatic carbocycles. The van der Waals surface area contributed by atoms with Crippen LogP contribution in [0.2, 0.25) is 0 Å². The Morgan fingerprint density at radius 2 is 1.80 bits per heavy atom. The molecule has 59 valence electrons. The fourth-order valence-electron chi connectivity index (χ4n) is 0.443. The van der Waals surface area contributed by atoms with Crippen LogP contribution in [0, 0.1) is 0 Å². The molecule has 0 N–H and O–H groups in total. The minimum Gasteiger partial charge on any atom is -0.445 e. The van der Waals surface area contributed by atoms with E-state index in [-0.39, 0.29) is 12.1 Å². The Hall–Kier alpha value is -0.730. The van der Waals surface area contributed by atoms with Crippen molar-refractivity contribution in [1.82, 2.24) is 5.32 Å². The molecule has 0 aromatic rings. The molecular weight excluding hydrogens is 130 g/mol. The SMILES string of the molecule is CC(C)[N]C(=O)OC(C)C. The summed E-state index contributed by atoms with van der Waals surface area (Å²) in [7, 11) is 0. The third-order valence-electron chi connectivity index (χ3n) is 0.700. The van der Waals surface area contributed by atoms with Gasteiger partial charge in [0.25, 0.3) is 0 Å². The third-order valence-corrected chi connectivity index (χ3v) is 0.700. The van der Waals surface area contributed by atoms with Crippen molar-refractivity contribution in [2.45, 2.75) is 39.8 Å². The van der Waals surface area contributed by atoms with Gasteiger partial charge in [-0.1, -0.05) is 0 Å². The summed E-state index contributed by atoms with van der Waals surface area (Å²) >= 11 is 0. The quantitative estimate of drug-likeness (QED) is 0.589. The molecule has 0 heterocycles. The number of nitrogens with zero attached hydrogens (tertiary/aromatic N) is 1. The maximum atomic E-state index is 10.7. The normalized spacial score (nSPS) is 10.2. The first-order chi connectivity index (χ1) is 4.52. The first-order valence-electron chi connectivity index (χ1n) is 3.44. The molecule has 0 bridgehead atoms. The zero-order chi connectivity index (χ0) is 8.15. The number of rotatable bonds is 2. The van der Waals surface area contributed by atoms with Crippen LogP contribution in [-0.2, 0) is 4.74 Å². The Labute approximate surface area is 61.8 Å². The topological polar surface area (TPSA) is 40.4 Å². The standard InChI is InChI=1S/C7H14NO2/c1-5(2)8-7(9)10-6(3)4/h5-6H,1-4H3. The summed E-state index contributed by atoms with van der Waals surface area (Å²) in [4.78, 5) is 10.7. The summed E-state index contributed by atoms with van der Waals surface area (Å²) in [5.74, 6) is 0. The number of hydrogen-bond acceptors (Lipinski definition) is 2. The molecule has 1 radical (unpaired) electrons. The molecule has 0 unspecified atom stereocenters. The maximum absolute atomic E-state index is 10.7. The van der Waals surface area contributed by atoms with Crippen molar-refractivity contribution >= 4 is 6.09 Å². The lowest BCUT2D eigenvalue weighted by Crippen LogP contribution is -2.25. The lowest BCUT2D eigenvalue weighted by molar-refractivity contribution is 0.112. The Morgan fingerprint density at radius 3 is 2.10 bits per heavy atom. The van der Waals surface area contributed by atoms with E-state index in [1.807, 2.05) is 13.8 Å². The molecule has 0 aliphatic rings. The van der Waals surface area contributed by atoms with Gasteiger partial charge in [-0.3, -0.25) is 0 Å². The molecular formula is C7H14NO2. The van der Waals surface area contributed by atoms with E-state index in [1.165, 1.54) is 0 Å². The molecule has 0 rings (SSSR count). The fraction of sp³-hybridized carbons (Fsp3) is 0.857. The molecule has 0 aromatic heterocycles. The maximum Gasteiger partial charge on any atom is 0.429 e. The van der Waals surface area contributed by atoms with Gasteiger partial charge in [-0.2, -0.15) is 0 Å². The first kappa shape index (κ1) is 9.27. The van der Waals surface area contributed by atoms with E-state index in [0.29, 0.717) is 0 Å². The van der Waals surface area contributed by atoms with E-state index in [1.54, 1.807) is 13.8 Å². The van der Waals surface area contributed by atoms with E-state index in [9.17, 15) is 4.79 Å². The van der Waals surface area contributed by atoms with Gasteiger partial charge in [-0.15, -0.1) is 0 Å². The number of hydrogen-bond donors (Lipinski definition) is 0. The zero-order valence-electron chi connectivity index (χ0n) is 6.92. The van der Waals surface area contributed by atoms with Crippen LogP contribution < -0.4 is 5.32 Å². The highest BCUT2D eigenvalue weighted by atomic mass is 16.6. The summed E-state index contributed by atoms with van der Waals surface area (Å²) < 4.78 is 4.76. The van der Waals surface area contributed by atoms with Crippen LogP contribution in [0.4, 0.5) is 4.79 Å². The summed E-state index contributed by atoms with van der Waals surface area (Å²) in [5.41, 5.74) is 0. The average Bonchev–Trinajstić information content (AvgIpc) is 1.58. The van der Waals surface area contributed by atoms with Crippen LogP contribution in [0.5, 0.6) is 0 Å². The molecule has 3 heteroatoms. The minimum atomic E-state index is -0.468. The Bertz CT molecular complexity index is 98.2. The minimum absolute atomic E-state index is 0.0197. The van der Waals surface area contributed by atoms with E-state index in [2.05, 4.69) is 5.32 Å². The van der Waals surface area contributed by atoms with Gasteiger partial charge in [0.05, 0.1) is 12.1 Å². The van der Waals surface area contributed by atoms with Crippen molar-refractivity contribution in [3.8, 4) is 0 Å².